The van der Waals surface area contributed by atoms with Crippen LogP contribution >= 0.6 is 0 Å². The maximum atomic E-state index is 13.1. The smallest absolute Gasteiger partial charge is 0.243 e. The standard InChI is InChI=1S/C24H30N2O5S/c1-30-21-14-18(15-22(17-21)31-2)6-9-24(27)25-10-12-26(13-11-25)32(28,29)23-8-7-19-4-3-5-20(19)16-23/h7-8,14-17H,3-6,9-13H2,1-2H3. The maximum absolute atomic E-state index is 13.1. The Balaban J connectivity index is 1.34. The number of fused-ring (bicyclic) bond motifs is 1. The van der Waals surface area contributed by atoms with Gasteiger partial charge in [-0.15, -0.1) is 0 Å². The summed E-state index contributed by atoms with van der Waals surface area (Å²) in [6.45, 7) is 1.45. The number of methoxy groups -OCH3 is 2. The number of carbonyl (C=O) groups is 1. The lowest BCUT2D eigenvalue weighted by molar-refractivity contribution is -0.132. The van der Waals surface area contributed by atoms with Gasteiger partial charge in [0.2, 0.25) is 15.9 Å². The number of carbonyl (C=O) groups excluding carboxylic acids is 1. The minimum atomic E-state index is -3.54. The van der Waals surface area contributed by atoms with E-state index in [0.29, 0.717) is 55.4 Å². The fraction of sp³-hybridized carbons (Fsp3) is 0.458. The number of benzene rings is 2. The van der Waals surface area contributed by atoms with Crippen LogP contribution in [-0.2, 0) is 34.1 Å². The van der Waals surface area contributed by atoms with E-state index in [9.17, 15) is 13.2 Å². The molecule has 1 aliphatic carbocycles. The Labute approximate surface area is 190 Å². The van der Waals surface area contributed by atoms with Crippen LogP contribution in [0.25, 0.3) is 0 Å². The molecule has 1 amide bonds. The molecule has 2 aliphatic rings. The van der Waals surface area contributed by atoms with Gasteiger partial charge >= 0.3 is 0 Å². The topological polar surface area (TPSA) is 76.2 Å². The normalized spacial score (nSPS) is 16.6. The molecule has 0 bridgehead atoms. The summed E-state index contributed by atoms with van der Waals surface area (Å²) < 4.78 is 38.3. The van der Waals surface area contributed by atoms with Crippen molar-refractivity contribution in [1.29, 1.82) is 0 Å². The molecule has 2 aromatic carbocycles. The van der Waals surface area contributed by atoms with Gasteiger partial charge in [-0.1, -0.05) is 6.07 Å². The van der Waals surface area contributed by atoms with E-state index in [4.69, 9.17) is 9.47 Å². The third-order valence-corrected chi connectivity index (χ3v) is 8.23. The van der Waals surface area contributed by atoms with Gasteiger partial charge in [0.1, 0.15) is 11.5 Å². The molecule has 0 saturated carbocycles. The van der Waals surface area contributed by atoms with Crippen LogP contribution < -0.4 is 9.47 Å². The molecule has 1 aliphatic heterocycles. The van der Waals surface area contributed by atoms with Crippen LogP contribution in [0.2, 0.25) is 0 Å². The Morgan fingerprint density at radius 1 is 0.906 bits per heavy atom. The van der Waals surface area contributed by atoms with Gasteiger partial charge in [-0.25, -0.2) is 8.42 Å². The molecular formula is C24H30N2O5S. The van der Waals surface area contributed by atoms with E-state index in [1.807, 2.05) is 24.3 Å². The summed E-state index contributed by atoms with van der Waals surface area (Å²) in [6.07, 6.45) is 3.98. The Hall–Kier alpha value is -2.58. The number of amides is 1. The molecule has 7 nitrogen and oxygen atoms in total. The number of nitrogens with zero attached hydrogens (tertiary/aromatic N) is 2. The molecule has 4 rings (SSSR count). The molecule has 0 spiro atoms. The van der Waals surface area contributed by atoms with Gasteiger partial charge in [0.15, 0.2) is 0 Å². The second-order valence-corrected chi connectivity index (χ2v) is 10.2. The molecule has 2 aromatic rings. The molecule has 0 unspecified atom stereocenters. The summed E-state index contributed by atoms with van der Waals surface area (Å²) in [5.41, 5.74) is 3.37. The SMILES string of the molecule is COc1cc(CCC(=O)N2CCN(S(=O)(=O)c3ccc4c(c3)CCC4)CC2)cc(OC)c1. The van der Waals surface area contributed by atoms with Crippen molar-refractivity contribution < 1.29 is 22.7 Å². The molecule has 1 saturated heterocycles. The average molecular weight is 459 g/mol. The van der Waals surface area contributed by atoms with Crippen LogP contribution in [0.3, 0.4) is 0 Å². The first-order valence-corrected chi connectivity index (χ1v) is 12.5. The largest absolute Gasteiger partial charge is 0.497 e. The molecule has 32 heavy (non-hydrogen) atoms. The van der Waals surface area contributed by atoms with Crippen molar-refractivity contribution in [3.05, 3.63) is 53.1 Å². The van der Waals surface area contributed by atoms with Gasteiger partial charge in [-0.05, 0) is 66.6 Å². The van der Waals surface area contributed by atoms with Crippen LogP contribution in [0.15, 0.2) is 41.3 Å². The van der Waals surface area contributed by atoms with Gasteiger partial charge in [0.25, 0.3) is 0 Å². The minimum absolute atomic E-state index is 0.0290. The molecule has 172 valence electrons. The highest BCUT2D eigenvalue weighted by molar-refractivity contribution is 7.89. The summed E-state index contributed by atoms with van der Waals surface area (Å²) in [5, 5.41) is 0. The zero-order valence-corrected chi connectivity index (χ0v) is 19.5. The summed E-state index contributed by atoms with van der Waals surface area (Å²) in [7, 11) is -0.341. The van der Waals surface area contributed by atoms with Crippen LogP contribution in [0.1, 0.15) is 29.5 Å². The second kappa shape index (κ2) is 9.50. The lowest BCUT2D eigenvalue weighted by atomic mass is 10.1. The van der Waals surface area contributed by atoms with Crippen LogP contribution in [0.4, 0.5) is 0 Å². The van der Waals surface area contributed by atoms with Gasteiger partial charge in [-0.2, -0.15) is 4.31 Å². The van der Waals surface area contributed by atoms with Gasteiger partial charge < -0.3 is 14.4 Å². The first-order chi connectivity index (χ1) is 15.4. The van der Waals surface area contributed by atoms with E-state index in [0.717, 1.165) is 30.4 Å². The van der Waals surface area contributed by atoms with E-state index in [2.05, 4.69) is 0 Å². The monoisotopic (exact) mass is 458 g/mol. The maximum Gasteiger partial charge on any atom is 0.243 e. The van der Waals surface area contributed by atoms with Crippen molar-refractivity contribution in [2.75, 3.05) is 40.4 Å². The Morgan fingerprint density at radius 2 is 1.56 bits per heavy atom. The molecule has 0 N–H and O–H groups in total. The van der Waals surface area contributed by atoms with Crippen molar-refractivity contribution >= 4 is 15.9 Å². The van der Waals surface area contributed by atoms with Crippen molar-refractivity contribution in [2.24, 2.45) is 0 Å². The third-order valence-electron chi connectivity index (χ3n) is 6.34. The summed E-state index contributed by atoms with van der Waals surface area (Å²) in [6, 6.07) is 11.1. The van der Waals surface area contributed by atoms with Crippen molar-refractivity contribution in [2.45, 2.75) is 37.0 Å². The average Bonchev–Trinajstić information content (AvgIpc) is 3.30. The van der Waals surface area contributed by atoms with Crippen LogP contribution in [0.5, 0.6) is 11.5 Å². The summed E-state index contributed by atoms with van der Waals surface area (Å²) >= 11 is 0. The van der Waals surface area contributed by atoms with E-state index in [1.54, 1.807) is 31.3 Å². The molecule has 1 heterocycles. The van der Waals surface area contributed by atoms with Crippen LogP contribution in [0, 0.1) is 0 Å². The number of hydrogen-bond acceptors (Lipinski definition) is 5. The number of hydrogen-bond donors (Lipinski definition) is 0. The Bertz CT molecular complexity index is 1070. The molecule has 8 heteroatoms. The third kappa shape index (κ3) is 4.76. The van der Waals surface area contributed by atoms with Crippen molar-refractivity contribution in [1.82, 2.24) is 9.21 Å². The summed E-state index contributed by atoms with van der Waals surface area (Å²) in [4.78, 5) is 14.9. The number of sulfonamides is 1. The van der Waals surface area contributed by atoms with Crippen LogP contribution in [-0.4, -0.2) is 63.9 Å². The van der Waals surface area contributed by atoms with E-state index < -0.39 is 10.0 Å². The molecule has 0 atom stereocenters. The highest BCUT2D eigenvalue weighted by atomic mass is 32.2. The fourth-order valence-corrected chi connectivity index (χ4v) is 5.93. The quantitative estimate of drug-likeness (QED) is 0.638. The number of piperazine rings is 1. The van der Waals surface area contributed by atoms with Gasteiger partial charge in [0, 0.05) is 38.7 Å². The lowest BCUT2D eigenvalue weighted by Crippen LogP contribution is -2.50. The zero-order chi connectivity index (χ0) is 22.7. The highest BCUT2D eigenvalue weighted by Crippen LogP contribution is 2.27. The van der Waals surface area contributed by atoms with Gasteiger partial charge in [0.05, 0.1) is 19.1 Å². The number of rotatable bonds is 7. The van der Waals surface area contributed by atoms with Crippen molar-refractivity contribution in [3.63, 3.8) is 0 Å². The highest BCUT2D eigenvalue weighted by Gasteiger charge is 2.30. The Morgan fingerprint density at radius 3 is 2.22 bits per heavy atom. The second-order valence-electron chi connectivity index (χ2n) is 8.29. The fourth-order valence-electron chi connectivity index (χ4n) is 4.46. The zero-order valence-electron chi connectivity index (χ0n) is 18.7. The molecular weight excluding hydrogens is 428 g/mol. The molecule has 0 aromatic heterocycles. The first kappa shape index (κ1) is 22.6. The lowest BCUT2D eigenvalue weighted by Gasteiger charge is -2.34. The predicted molar refractivity (Wildman–Crippen MR) is 122 cm³/mol. The molecule has 0 radical (unpaired) electrons. The first-order valence-electron chi connectivity index (χ1n) is 11.0. The number of ether oxygens (including phenoxy) is 2. The Kier molecular flexibility index (Phi) is 6.71. The molecule has 1 fully saturated rings. The minimum Gasteiger partial charge on any atom is -0.497 e. The summed E-state index contributed by atoms with van der Waals surface area (Å²) in [5.74, 6) is 1.41. The van der Waals surface area contributed by atoms with Gasteiger partial charge in [-0.3, -0.25) is 4.79 Å². The van der Waals surface area contributed by atoms with E-state index in [-0.39, 0.29) is 5.91 Å². The van der Waals surface area contributed by atoms with E-state index in [1.165, 1.54) is 9.87 Å². The predicted octanol–water partition coefficient (Wildman–Crippen LogP) is 2.66. The number of aryl methyl sites for hydroxylation is 3. The van der Waals surface area contributed by atoms with E-state index >= 15 is 0 Å². The van der Waals surface area contributed by atoms with Crippen molar-refractivity contribution in [3.8, 4) is 11.5 Å².